The zero-order valence-electron chi connectivity index (χ0n) is 6.90. The van der Waals surface area contributed by atoms with Gasteiger partial charge < -0.3 is 0 Å². The highest BCUT2D eigenvalue weighted by molar-refractivity contribution is 7.72. The maximum Gasteiger partial charge on any atom is 0.243 e. The maximum absolute atomic E-state index is 10.3. The summed E-state index contributed by atoms with van der Waals surface area (Å²) in [5, 5.41) is 2.35. The molecule has 0 amide bonds. The first kappa shape index (κ1) is 9.91. The molecule has 0 saturated carbocycles. The minimum Gasteiger partial charge on any atom is -0.280 e. The van der Waals surface area contributed by atoms with E-state index >= 15 is 0 Å². The number of benzene rings is 1. The number of hydrogen-bond donors (Lipinski definition) is 2. The molecule has 13 heavy (non-hydrogen) atoms. The zero-order valence-corrected chi connectivity index (χ0v) is 7.71. The molecule has 0 fully saturated rings. The third-order valence-electron chi connectivity index (χ3n) is 1.49. The summed E-state index contributed by atoms with van der Waals surface area (Å²) in [4.78, 5) is 0. The van der Waals surface area contributed by atoms with Crippen molar-refractivity contribution in [2.45, 2.75) is 6.54 Å². The lowest BCUT2D eigenvalue weighted by Crippen LogP contribution is -2.31. The Hall–Kier alpha value is -1.17. The van der Waals surface area contributed by atoms with Crippen molar-refractivity contribution in [3.63, 3.8) is 0 Å². The van der Waals surface area contributed by atoms with Crippen LogP contribution in [0.25, 0.3) is 0 Å². The second-order valence-corrected chi connectivity index (χ2v) is 3.35. The lowest BCUT2D eigenvalue weighted by atomic mass is 10.2. The Kier molecular flexibility index (Phi) is 3.63. The fraction of sp³-hybridized carbons (Fsp3) is 0.125. The normalized spacial score (nSPS) is 9.62. The van der Waals surface area contributed by atoms with E-state index in [2.05, 4.69) is 5.32 Å². The van der Waals surface area contributed by atoms with Crippen LogP contribution in [0.5, 0.6) is 0 Å². The predicted molar refractivity (Wildman–Crippen MR) is 51.4 cm³/mol. The standard InChI is InChI=1S/C8H10N2O2S/c9-8(13(11)12)10-6-7-4-2-1-3-5-7/h1-5,10H,6,9H2. The Balaban J connectivity index is 2.59. The molecule has 70 valence electrons. The average molecular weight is 198 g/mol. The van der Waals surface area contributed by atoms with Crippen molar-refractivity contribution in [2.24, 2.45) is 5.73 Å². The van der Waals surface area contributed by atoms with Gasteiger partial charge in [-0.2, -0.15) is 8.42 Å². The Bertz CT molecular complexity index is 389. The quantitative estimate of drug-likeness (QED) is 0.640. The van der Waals surface area contributed by atoms with Gasteiger partial charge in [-0.05, 0) is 5.56 Å². The molecule has 0 atom stereocenters. The minimum absolute atomic E-state index is 0.233. The molecule has 0 radical (unpaired) electrons. The Labute approximate surface area is 77.9 Å². The monoisotopic (exact) mass is 198 g/mol. The molecule has 1 aromatic rings. The van der Waals surface area contributed by atoms with E-state index < -0.39 is 10.3 Å². The third kappa shape index (κ3) is 3.37. The number of hydrogen-bond acceptors (Lipinski definition) is 2. The number of nitrogens with two attached hydrogens (primary N) is 1. The Morgan fingerprint density at radius 1 is 1.31 bits per heavy atom. The molecule has 0 spiro atoms. The third-order valence-corrected chi connectivity index (χ3v) is 1.99. The van der Waals surface area contributed by atoms with Gasteiger partial charge in [0.2, 0.25) is 10.3 Å². The molecule has 0 unspecified atom stereocenters. The molecule has 0 heterocycles. The maximum atomic E-state index is 10.3. The topological polar surface area (TPSA) is 72.2 Å². The van der Waals surface area contributed by atoms with Crippen LogP contribution in [-0.4, -0.2) is 13.5 Å². The second kappa shape index (κ2) is 4.76. The van der Waals surface area contributed by atoms with E-state index in [4.69, 9.17) is 5.73 Å². The summed E-state index contributed by atoms with van der Waals surface area (Å²) in [5.74, 6) is 0. The van der Waals surface area contributed by atoms with Gasteiger partial charge >= 0.3 is 0 Å². The van der Waals surface area contributed by atoms with Gasteiger partial charge in [-0.1, -0.05) is 30.3 Å². The smallest absolute Gasteiger partial charge is 0.243 e. The van der Waals surface area contributed by atoms with E-state index in [9.17, 15) is 8.42 Å². The molecule has 0 aromatic heterocycles. The highest BCUT2D eigenvalue weighted by atomic mass is 32.2. The van der Waals surface area contributed by atoms with Crippen LogP contribution in [0.2, 0.25) is 0 Å². The summed E-state index contributed by atoms with van der Waals surface area (Å²) < 4.78 is 20.6. The van der Waals surface area contributed by atoms with E-state index in [1.54, 1.807) is 0 Å². The van der Waals surface area contributed by atoms with Crippen molar-refractivity contribution < 1.29 is 8.42 Å². The summed E-state index contributed by atoms with van der Waals surface area (Å²) in [6, 6.07) is 9.41. The summed E-state index contributed by atoms with van der Waals surface area (Å²) in [6.45, 7) is 0.417. The number of nitrogens with one attached hydrogen (secondary N) is 1. The van der Waals surface area contributed by atoms with Crippen molar-refractivity contribution in [1.29, 1.82) is 0 Å². The van der Waals surface area contributed by atoms with Crippen LogP contribution in [0.1, 0.15) is 5.56 Å². The van der Waals surface area contributed by atoms with Crippen molar-refractivity contribution >= 4 is 15.4 Å². The molecule has 4 nitrogen and oxygen atoms in total. The molecule has 5 heteroatoms. The van der Waals surface area contributed by atoms with Gasteiger partial charge in [0.15, 0.2) is 5.11 Å². The van der Waals surface area contributed by atoms with Crippen LogP contribution in [-0.2, 0) is 16.8 Å². The fourth-order valence-corrected chi connectivity index (χ4v) is 1.03. The molecule has 0 aliphatic rings. The predicted octanol–water partition coefficient (Wildman–Crippen LogP) is -0.299. The van der Waals surface area contributed by atoms with E-state index in [0.29, 0.717) is 6.54 Å². The van der Waals surface area contributed by atoms with Crippen LogP contribution in [0, 0.1) is 0 Å². The van der Waals surface area contributed by atoms with E-state index in [0.717, 1.165) is 5.56 Å². The Morgan fingerprint density at radius 3 is 2.46 bits per heavy atom. The zero-order chi connectivity index (χ0) is 9.68. The van der Waals surface area contributed by atoms with Crippen LogP contribution < -0.4 is 11.1 Å². The van der Waals surface area contributed by atoms with Gasteiger partial charge in [-0.3, -0.25) is 11.1 Å². The SMILES string of the molecule is NC(NCc1ccccc1)=S(=O)=O. The van der Waals surface area contributed by atoms with Crippen LogP contribution >= 0.6 is 0 Å². The fourth-order valence-electron chi connectivity index (χ4n) is 0.844. The first-order chi connectivity index (χ1) is 6.20. The van der Waals surface area contributed by atoms with Gasteiger partial charge in [0, 0.05) is 6.54 Å². The molecule has 0 saturated heterocycles. The van der Waals surface area contributed by atoms with Gasteiger partial charge in [-0.25, -0.2) is 0 Å². The molecular weight excluding hydrogens is 188 g/mol. The molecule has 0 bridgehead atoms. The molecule has 1 rings (SSSR count). The minimum atomic E-state index is -2.35. The van der Waals surface area contributed by atoms with E-state index in [1.807, 2.05) is 30.3 Å². The summed E-state index contributed by atoms with van der Waals surface area (Å²) in [7, 11) is -2.35. The first-order valence-corrected chi connectivity index (χ1v) is 4.77. The second-order valence-electron chi connectivity index (χ2n) is 2.44. The van der Waals surface area contributed by atoms with Gasteiger partial charge in [0.25, 0.3) is 0 Å². The van der Waals surface area contributed by atoms with Gasteiger partial charge in [0.05, 0.1) is 0 Å². The highest BCUT2D eigenvalue weighted by Crippen LogP contribution is 1.96. The molecular formula is C8H10N2O2S. The van der Waals surface area contributed by atoms with E-state index in [-0.39, 0.29) is 5.11 Å². The summed E-state index contributed by atoms with van der Waals surface area (Å²) in [5.41, 5.74) is 6.14. The van der Waals surface area contributed by atoms with Crippen LogP contribution in [0.4, 0.5) is 0 Å². The lowest BCUT2D eigenvalue weighted by molar-refractivity contribution is 0.626. The molecule has 3 N–H and O–H groups in total. The molecule has 0 aliphatic carbocycles. The number of rotatable bonds is 2. The van der Waals surface area contributed by atoms with Crippen molar-refractivity contribution in [3.8, 4) is 0 Å². The lowest BCUT2D eigenvalue weighted by Gasteiger charge is -2.00. The largest absolute Gasteiger partial charge is 0.280 e. The first-order valence-electron chi connectivity index (χ1n) is 3.69. The van der Waals surface area contributed by atoms with Crippen LogP contribution in [0.15, 0.2) is 30.3 Å². The van der Waals surface area contributed by atoms with Crippen LogP contribution in [0.3, 0.4) is 0 Å². The van der Waals surface area contributed by atoms with Gasteiger partial charge in [0.1, 0.15) is 0 Å². The van der Waals surface area contributed by atoms with Crippen molar-refractivity contribution in [3.05, 3.63) is 35.9 Å². The Morgan fingerprint density at radius 2 is 1.92 bits per heavy atom. The van der Waals surface area contributed by atoms with Crippen molar-refractivity contribution in [2.75, 3.05) is 0 Å². The molecule has 1 aromatic carbocycles. The molecule has 0 aliphatic heterocycles. The average Bonchev–Trinajstić information content (AvgIpc) is 2.15. The summed E-state index contributed by atoms with van der Waals surface area (Å²) in [6.07, 6.45) is 0. The van der Waals surface area contributed by atoms with E-state index in [1.165, 1.54) is 0 Å². The van der Waals surface area contributed by atoms with Gasteiger partial charge in [-0.15, -0.1) is 0 Å². The summed E-state index contributed by atoms with van der Waals surface area (Å²) >= 11 is 0. The van der Waals surface area contributed by atoms with Crippen molar-refractivity contribution in [1.82, 2.24) is 5.32 Å². The highest BCUT2D eigenvalue weighted by Gasteiger charge is 1.93.